The van der Waals surface area contributed by atoms with Crippen LogP contribution >= 0.6 is 0 Å². The number of amides is 2. The van der Waals surface area contributed by atoms with E-state index in [9.17, 15) is 24.6 Å². The van der Waals surface area contributed by atoms with Gasteiger partial charge in [0.1, 0.15) is 18.5 Å². The summed E-state index contributed by atoms with van der Waals surface area (Å²) in [4.78, 5) is 39.8. The van der Waals surface area contributed by atoms with E-state index in [-0.39, 0.29) is 37.1 Å². The first-order chi connectivity index (χ1) is 17.5. The third-order valence-corrected chi connectivity index (χ3v) is 6.91. The van der Waals surface area contributed by atoms with E-state index in [1.54, 1.807) is 23.1 Å². The Bertz CT molecular complexity index is 1190. The molecule has 1 fully saturated rings. The number of benzene rings is 1. The van der Waals surface area contributed by atoms with Crippen molar-refractivity contribution in [2.24, 2.45) is 5.92 Å². The Morgan fingerprint density at radius 2 is 2.11 bits per heavy atom. The van der Waals surface area contributed by atoms with Crippen molar-refractivity contribution in [2.75, 3.05) is 20.3 Å². The summed E-state index contributed by atoms with van der Waals surface area (Å²) in [6, 6.07) is 4.05. The quantitative estimate of drug-likeness (QED) is 0.440. The highest BCUT2D eigenvalue weighted by Crippen LogP contribution is 2.51. The molecule has 0 saturated heterocycles. The summed E-state index contributed by atoms with van der Waals surface area (Å²) in [7, 11) is 1.44. The van der Waals surface area contributed by atoms with Gasteiger partial charge in [0.2, 0.25) is 11.8 Å². The number of aldehydes is 1. The number of carbonyl (C=O) groups excluding carboxylic acids is 3. The van der Waals surface area contributed by atoms with Gasteiger partial charge in [0, 0.05) is 41.3 Å². The van der Waals surface area contributed by atoms with Crippen LogP contribution in [-0.2, 0) is 16.1 Å². The zero-order valence-corrected chi connectivity index (χ0v) is 19.8. The summed E-state index contributed by atoms with van der Waals surface area (Å²) in [6.07, 6.45) is 4.81. The predicted octanol–water partition coefficient (Wildman–Crippen LogP) is 1.16. The maximum absolute atomic E-state index is 13.3. The predicted molar refractivity (Wildman–Crippen MR) is 125 cm³/mol. The van der Waals surface area contributed by atoms with Gasteiger partial charge in [-0.25, -0.2) is 0 Å². The standard InChI is InChI=1S/C26H28N2O8/c1-34-20-9-15(12-30)8-17-21-18(25(32)27-5-6-29)10-19(22(31)24(21)36-23(17)20)28(26(33)16-2-3-16)11-14-4-7-35-13-14/h4,7-10,12-13,16,19,21-22,24,29,31H,2-3,5-6,11H2,1H3,(H,27,32). The van der Waals surface area contributed by atoms with Gasteiger partial charge >= 0.3 is 0 Å². The van der Waals surface area contributed by atoms with Gasteiger partial charge in [-0.1, -0.05) is 0 Å². The molecule has 10 heteroatoms. The summed E-state index contributed by atoms with van der Waals surface area (Å²) in [5.41, 5.74) is 1.92. The van der Waals surface area contributed by atoms with Gasteiger partial charge in [-0.15, -0.1) is 0 Å². The summed E-state index contributed by atoms with van der Waals surface area (Å²) < 4.78 is 16.8. The Morgan fingerprint density at radius 1 is 1.31 bits per heavy atom. The number of aliphatic hydroxyl groups is 2. The first kappa shape index (κ1) is 24.1. The minimum absolute atomic E-state index is 0.0337. The number of nitrogens with zero attached hydrogens (tertiary/aromatic N) is 1. The highest BCUT2D eigenvalue weighted by molar-refractivity contribution is 5.96. The van der Waals surface area contributed by atoms with Crippen molar-refractivity contribution in [2.45, 2.75) is 43.6 Å². The smallest absolute Gasteiger partial charge is 0.247 e. The van der Waals surface area contributed by atoms with Crippen molar-refractivity contribution in [3.8, 4) is 11.5 Å². The molecular weight excluding hydrogens is 468 g/mol. The van der Waals surface area contributed by atoms with Crippen molar-refractivity contribution in [1.82, 2.24) is 10.2 Å². The topological polar surface area (TPSA) is 139 Å². The van der Waals surface area contributed by atoms with Crippen LogP contribution < -0.4 is 14.8 Å². The Hall–Kier alpha value is -3.63. The molecule has 1 saturated carbocycles. The SMILES string of the molecule is COc1cc(C=O)cc2c1OC1C2C(C(=O)NCCO)=CC(N(Cc2ccoc2)C(=O)C2CC2)C1O. The fourth-order valence-corrected chi connectivity index (χ4v) is 5.03. The van der Waals surface area contributed by atoms with Crippen LogP contribution in [0.4, 0.5) is 0 Å². The second-order valence-corrected chi connectivity index (χ2v) is 9.27. The normalized spacial score (nSPS) is 24.1. The lowest BCUT2D eigenvalue weighted by Crippen LogP contribution is -2.55. The lowest BCUT2D eigenvalue weighted by atomic mass is 9.77. The second kappa shape index (κ2) is 9.79. The lowest BCUT2D eigenvalue weighted by Gasteiger charge is -2.40. The number of methoxy groups -OCH3 is 1. The van der Waals surface area contributed by atoms with Crippen LogP contribution in [0.25, 0.3) is 0 Å². The van der Waals surface area contributed by atoms with Gasteiger partial charge in [-0.3, -0.25) is 14.4 Å². The number of ether oxygens (including phenoxy) is 2. The average Bonchev–Trinajstić information content (AvgIpc) is 3.48. The van der Waals surface area contributed by atoms with Gasteiger partial charge in [0.25, 0.3) is 0 Å². The molecule has 190 valence electrons. The Morgan fingerprint density at radius 3 is 2.75 bits per heavy atom. The van der Waals surface area contributed by atoms with Crippen LogP contribution in [0.1, 0.15) is 40.2 Å². The van der Waals surface area contributed by atoms with Crippen molar-refractivity contribution in [1.29, 1.82) is 0 Å². The summed E-state index contributed by atoms with van der Waals surface area (Å²) in [5, 5.41) is 23.5. The highest BCUT2D eigenvalue weighted by Gasteiger charge is 2.52. The van der Waals surface area contributed by atoms with Crippen molar-refractivity contribution < 1.29 is 38.5 Å². The van der Waals surface area contributed by atoms with E-state index in [2.05, 4.69) is 5.32 Å². The Kier molecular flexibility index (Phi) is 6.55. The number of nitrogens with one attached hydrogen (secondary N) is 1. The zero-order valence-electron chi connectivity index (χ0n) is 19.8. The van der Waals surface area contributed by atoms with E-state index in [1.165, 1.54) is 25.7 Å². The van der Waals surface area contributed by atoms with Crippen LogP contribution in [-0.4, -0.2) is 71.7 Å². The third kappa shape index (κ3) is 4.27. The molecule has 1 aromatic carbocycles. The summed E-state index contributed by atoms with van der Waals surface area (Å²) in [5.74, 6) is -0.739. The fraction of sp³-hybridized carbons (Fsp3) is 0.423. The van der Waals surface area contributed by atoms with Crippen LogP contribution in [0, 0.1) is 5.92 Å². The lowest BCUT2D eigenvalue weighted by molar-refractivity contribution is -0.139. The number of hydrogen-bond acceptors (Lipinski definition) is 8. The Balaban J connectivity index is 1.59. The molecule has 5 rings (SSSR count). The molecular formula is C26H28N2O8. The maximum Gasteiger partial charge on any atom is 0.247 e. The molecule has 4 unspecified atom stereocenters. The molecule has 2 aliphatic carbocycles. The molecule has 3 aliphatic rings. The molecule has 3 N–H and O–H groups in total. The number of furan rings is 1. The van der Waals surface area contributed by atoms with E-state index < -0.39 is 30.1 Å². The number of fused-ring (bicyclic) bond motifs is 3. The molecule has 1 aromatic heterocycles. The number of carbonyl (C=O) groups is 3. The molecule has 0 spiro atoms. The second-order valence-electron chi connectivity index (χ2n) is 9.27. The first-order valence-electron chi connectivity index (χ1n) is 11.9. The van der Waals surface area contributed by atoms with Gasteiger partial charge in [-0.05, 0) is 37.1 Å². The van der Waals surface area contributed by atoms with Crippen LogP contribution in [0.5, 0.6) is 11.5 Å². The van der Waals surface area contributed by atoms with Crippen LogP contribution in [0.2, 0.25) is 0 Å². The first-order valence-corrected chi connectivity index (χ1v) is 11.9. The third-order valence-electron chi connectivity index (χ3n) is 6.91. The van der Waals surface area contributed by atoms with E-state index in [1.807, 2.05) is 0 Å². The van der Waals surface area contributed by atoms with Crippen molar-refractivity contribution >= 4 is 18.1 Å². The number of aliphatic hydroxyl groups excluding tert-OH is 2. The van der Waals surface area contributed by atoms with Crippen molar-refractivity contribution in [3.05, 3.63) is 59.1 Å². The molecule has 1 aliphatic heterocycles. The average molecular weight is 497 g/mol. The molecule has 2 amide bonds. The van der Waals surface area contributed by atoms with Crippen LogP contribution in [0.15, 0.2) is 46.8 Å². The van der Waals surface area contributed by atoms with Gasteiger partial charge in [0.05, 0.1) is 38.2 Å². The minimum atomic E-state index is -1.17. The van der Waals surface area contributed by atoms with Crippen LogP contribution in [0.3, 0.4) is 0 Å². The van der Waals surface area contributed by atoms with E-state index in [4.69, 9.17) is 13.9 Å². The number of rotatable bonds is 9. The van der Waals surface area contributed by atoms with Gasteiger partial charge in [0.15, 0.2) is 11.5 Å². The van der Waals surface area contributed by atoms with E-state index >= 15 is 0 Å². The zero-order chi connectivity index (χ0) is 25.4. The fourth-order valence-electron chi connectivity index (χ4n) is 5.03. The van der Waals surface area contributed by atoms with E-state index in [0.717, 1.165) is 18.4 Å². The maximum atomic E-state index is 13.3. The molecule has 36 heavy (non-hydrogen) atoms. The van der Waals surface area contributed by atoms with Gasteiger partial charge in [-0.2, -0.15) is 0 Å². The highest BCUT2D eigenvalue weighted by atomic mass is 16.5. The monoisotopic (exact) mass is 496 g/mol. The summed E-state index contributed by atoms with van der Waals surface area (Å²) >= 11 is 0. The molecule has 0 bridgehead atoms. The molecule has 2 heterocycles. The van der Waals surface area contributed by atoms with Gasteiger partial charge < -0.3 is 34.3 Å². The molecule has 4 atom stereocenters. The minimum Gasteiger partial charge on any atom is -0.493 e. The van der Waals surface area contributed by atoms with Crippen molar-refractivity contribution in [3.63, 3.8) is 0 Å². The summed E-state index contributed by atoms with van der Waals surface area (Å²) in [6.45, 7) is -0.0212. The number of hydrogen-bond donors (Lipinski definition) is 3. The molecule has 2 aromatic rings. The molecule has 0 radical (unpaired) electrons. The van der Waals surface area contributed by atoms with E-state index in [0.29, 0.717) is 28.9 Å². The molecule has 10 nitrogen and oxygen atoms in total. The Labute approximate surface area is 207 Å². The largest absolute Gasteiger partial charge is 0.493 e.